The van der Waals surface area contributed by atoms with Gasteiger partial charge in [0.2, 0.25) is 5.40 Å². The third-order valence-electron chi connectivity index (χ3n) is 1.13. The van der Waals surface area contributed by atoms with Crippen LogP contribution in [0, 0.1) is 20.8 Å². The maximum Gasteiger partial charge on any atom is 0.355 e. The maximum atomic E-state index is 10.4. The maximum absolute atomic E-state index is 10.4. The van der Waals surface area contributed by atoms with Gasteiger partial charge >= 0.3 is 5.24 Å². The number of carbonyl (C=O) groups is 1. The van der Waals surface area contributed by atoms with Crippen LogP contribution in [0.3, 0.4) is 0 Å². The lowest BCUT2D eigenvalue weighted by Gasteiger charge is -2.49. The molecule has 1 amide bonds. The summed E-state index contributed by atoms with van der Waals surface area (Å²) < 4.78 is 7.30. The van der Waals surface area contributed by atoms with Crippen LogP contribution in [0.15, 0.2) is 0 Å². The molecular formula is C2H7N5O4S. The third kappa shape index (κ3) is 0.889. The summed E-state index contributed by atoms with van der Waals surface area (Å²) in [6.07, 6.45) is 0. The number of nitrogens with zero attached hydrogens (tertiary/aromatic N) is 2. The normalized spacial score (nSPS) is 16.8. The zero-order valence-corrected chi connectivity index (χ0v) is 6.52. The molecule has 0 saturated heterocycles. The first-order valence-electron chi connectivity index (χ1n) is 2.33. The average Bonchev–Trinajstić information content (AvgIpc) is 1.88. The number of rotatable bonds is 1. The van der Waals surface area contributed by atoms with Gasteiger partial charge in [-0.3, -0.25) is 9.35 Å². The first-order chi connectivity index (χ1) is 5.00. The number of nitro groups is 1. The highest BCUT2D eigenvalue weighted by atomic mass is 32.4. The molecule has 0 fully saturated rings. The van der Waals surface area contributed by atoms with Crippen LogP contribution in [0.1, 0.15) is 0 Å². The van der Waals surface area contributed by atoms with E-state index in [9.17, 15) is 14.9 Å². The van der Waals surface area contributed by atoms with Gasteiger partial charge in [-0.25, -0.2) is 20.4 Å². The minimum Gasteiger partial charge on any atom is -0.354 e. The quantitative estimate of drug-likeness (QED) is 0.232. The van der Waals surface area contributed by atoms with Crippen molar-refractivity contribution >= 4 is 14.4 Å². The third-order valence-corrected chi connectivity index (χ3v) is 3.40. The molecule has 70 valence electrons. The van der Waals surface area contributed by atoms with Crippen LogP contribution >= 0.6 is 9.13 Å². The molecule has 0 aliphatic heterocycles. The first kappa shape index (κ1) is 10.6. The van der Waals surface area contributed by atoms with Gasteiger partial charge in [0, 0.05) is 0 Å². The Labute approximate surface area is 65.7 Å². The van der Waals surface area contributed by atoms with Gasteiger partial charge in [0.1, 0.15) is 4.33 Å². The van der Waals surface area contributed by atoms with E-state index < -0.39 is 18.7 Å². The number of thiocyanates is 1. The van der Waals surface area contributed by atoms with Crippen molar-refractivity contribution in [1.82, 2.24) is 0 Å². The predicted molar refractivity (Wildman–Crippen MR) is 40.8 cm³/mol. The summed E-state index contributed by atoms with van der Waals surface area (Å²) in [5.41, 5.74) is 4.40. The molecule has 12 heavy (non-hydrogen) atoms. The number of carbonyl (C=O) groups excluding carboxylic acids is 1. The van der Waals surface area contributed by atoms with Crippen molar-refractivity contribution in [3.05, 3.63) is 10.1 Å². The van der Waals surface area contributed by atoms with Gasteiger partial charge in [0.15, 0.2) is 9.13 Å². The fourth-order valence-corrected chi connectivity index (χ4v) is 0.455. The van der Waals surface area contributed by atoms with E-state index in [1.165, 1.54) is 0 Å². The van der Waals surface area contributed by atoms with Crippen molar-refractivity contribution in [3.63, 3.8) is 0 Å². The Balaban J connectivity index is 5.99. The second-order valence-corrected chi connectivity index (χ2v) is 6.25. The van der Waals surface area contributed by atoms with E-state index in [-0.39, 0.29) is 0 Å². The van der Waals surface area contributed by atoms with Gasteiger partial charge in [-0.2, -0.15) is 5.26 Å². The summed E-state index contributed by atoms with van der Waals surface area (Å²) in [6.45, 7) is 0. The fraction of sp³-hybridized carbons (Fsp3) is 0. The van der Waals surface area contributed by atoms with E-state index in [0.717, 1.165) is 0 Å². The van der Waals surface area contributed by atoms with Crippen LogP contribution in [0.5, 0.6) is 0 Å². The number of amides is 1. The molecule has 0 aromatic heterocycles. The van der Waals surface area contributed by atoms with Crippen LogP contribution in [0.2, 0.25) is 0 Å². The number of primary amides is 1. The highest BCUT2D eigenvalue weighted by Crippen LogP contribution is 2.71. The molecule has 0 aromatic rings. The molecule has 0 atom stereocenters. The summed E-state index contributed by atoms with van der Waals surface area (Å²) >= 11 is 0. The molecule has 0 unspecified atom stereocenters. The van der Waals surface area contributed by atoms with Gasteiger partial charge in [0.25, 0.3) is 0 Å². The predicted octanol–water partition coefficient (Wildman–Crippen LogP) is -1.17. The number of hydrogen-bond donors (Lipinski definition) is 4. The Morgan fingerprint density at radius 2 is 2.00 bits per heavy atom. The van der Waals surface area contributed by atoms with Gasteiger partial charge in [-0.05, 0) is 0 Å². The summed E-state index contributed by atoms with van der Waals surface area (Å²) in [4.78, 5) is 20.6. The van der Waals surface area contributed by atoms with E-state index in [2.05, 4.69) is 16.0 Å². The van der Waals surface area contributed by atoms with Crippen LogP contribution in [0.4, 0.5) is 4.79 Å². The Kier molecular flexibility index (Phi) is 1.47. The molecule has 0 saturated carbocycles. The molecule has 9 nitrogen and oxygen atoms in total. The molecule has 0 radical (unpaired) electrons. The summed E-state index contributed by atoms with van der Waals surface area (Å²) in [7, 11) is -6.62. The van der Waals surface area contributed by atoms with Crippen molar-refractivity contribution in [3.8, 4) is 5.40 Å². The van der Waals surface area contributed by atoms with E-state index in [1.807, 2.05) is 0 Å². The minimum absolute atomic E-state index is 0.586. The molecular weight excluding hydrogens is 190 g/mol. The van der Waals surface area contributed by atoms with Crippen molar-refractivity contribution < 1.29 is 13.7 Å². The highest BCUT2D eigenvalue weighted by Gasteiger charge is 2.69. The van der Waals surface area contributed by atoms with Crippen LogP contribution in [0.25, 0.3) is 0 Å². The summed E-state index contributed by atoms with van der Waals surface area (Å²) in [5, 5.41) is 26.1. The van der Waals surface area contributed by atoms with Crippen LogP contribution in [-0.2, 0) is 0 Å². The standard InChI is InChI=1S/C2H7N5O4S/c3-1-12(5,6,11,2(4)8)7(9)10/h11H,5-6H2,(H2,4,8). The molecule has 7 N–H and O–H groups in total. The Morgan fingerprint density at radius 1 is 1.67 bits per heavy atom. The molecule has 0 rings (SSSR count). The Hall–Kier alpha value is -1.41. The molecule has 0 bridgehead atoms. The van der Waals surface area contributed by atoms with Crippen molar-refractivity contribution in [2.24, 2.45) is 16.0 Å². The summed E-state index contributed by atoms with van der Waals surface area (Å²) in [6, 6.07) is 0. The fourth-order valence-electron chi connectivity index (χ4n) is 0.152. The molecule has 0 spiro atoms. The first-order valence-corrected chi connectivity index (χ1v) is 4.82. The summed E-state index contributed by atoms with van der Waals surface area (Å²) in [5.74, 6) is 0. The lowest BCUT2D eigenvalue weighted by molar-refractivity contribution is -0.319. The Bertz CT molecular complexity index is 298. The van der Waals surface area contributed by atoms with Crippen molar-refractivity contribution in [1.29, 1.82) is 5.26 Å². The minimum atomic E-state index is -6.62. The van der Waals surface area contributed by atoms with Gasteiger partial charge in [-0.15, -0.1) is 0 Å². The zero-order chi connectivity index (χ0) is 10.3. The van der Waals surface area contributed by atoms with Gasteiger partial charge in [-0.1, -0.05) is 0 Å². The van der Waals surface area contributed by atoms with Crippen LogP contribution < -0.4 is 16.0 Å². The number of hydrogen-bond acceptors (Lipinski definition) is 7. The number of nitriles is 1. The molecule has 0 aliphatic rings. The second kappa shape index (κ2) is 1.67. The van der Waals surface area contributed by atoms with Gasteiger partial charge in [0.05, 0.1) is 0 Å². The smallest absolute Gasteiger partial charge is 0.354 e. The molecule has 0 heterocycles. The Morgan fingerprint density at radius 3 is 2.00 bits per heavy atom. The number of nitrogens with two attached hydrogens (primary N) is 3. The highest BCUT2D eigenvalue weighted by molar-refractivity contribution is 8.66. The topological polar surface area (TPSA) is 182 Å². The van der Waals surface area contributed by atoms with E-state index in [1.54, 1.807) is 0 Å². The monoisotopic (exact) mass is 197 g/mol. The lowest BCUT2D eigenvalue weighted by atomic mass is 11.5. The SMILES string of the molecule is N#CS(N)(N)(O)(C(N)=O)[N+](=O)[O-]. The molecule has 0 aromatic carbocycles. The average molecular weight is 197 g/mol. The van der Waals surface area contributed by atoms with Crippen molar-refractivity contribution in [2.45, 2.75) is 0 Å². The molecule has 0 aliphatic carbocycles. The van der Waals surface area contributed by atoms with E-state index in [4.69, 9.17) is 9.81 Å². The van der Waals surface area contributed by atoms with Gasteiger partial charge < -0.3 is 5.73 Å². The van der Waals surface area contributed by atoms with Crippen LogP contribution in [-0.4, -0.2) is 14.1 Å². The van der Waals surface area contributed by atoms with E-state index >= 15 is 0 Å². The zero-order valence-electron chi connectivity index (χ0n) is 5.71. The van der Waals surface area contributed by atoms with E-state index in [0.29, 0.717) is 5.40 Å². The molecule has 10 heteroatoms. The van der Waals surface area contributed by atoms with Crippen molar-refractivity contribution in [2.75, 3.05) is 0 Å². The second-order valence-electron chi connectivity index (χ2n) is 2.21. The lowest BCUT2D eigenvalue weighted by Crippen LogP contribution is -2.63. The largest absolute Gasteiger partial charge is 0.355 e.